The molecule has 1 amide bonds. The summed E-state index contributed by atoms with van der Waals surface area (Å²) < 4.78 is 1.82. The summed E-state index contributed by atoms with van der Waals surface area (Å²) >= 11 is 0. The number of amides is 1. The van der Waals surface area contributed by atoms with Crippen LogP contribution < -0.4 is 5.32 Å². The molecule has 4 nitrogen and oxygen atoms in total. The van der Waals surface area contributed by atoms with Gasteiger partial charge in [0.25, 0.3) is 0 Å². The van der Waals surface area contributed by atoms with Gasteiger partial charge in [0.15, 0.2) is 0 Å². The van der Waals surface area contributed by atoms with Gasteiger partial charge in [-0.1, -0.05) is 18.2 Å². The van der Waals surface area contributed by atoms with Crippen LogP contribution in [0.15, 0.2) is 42.7 Å². The van der Waals surface area contributed by atoms with Crippen LogP contribution in [0.1, 0.15) is 18.4 Å². The van der Waals surface area contributed by atoms with Gasteiger partial charge in [-0.2, -0.15) is 5.10 Å². The molecule has 1 heterocycles. The van der Waals surface area contributed by atoms with Crippen LogP contribution in [-0.2, 0) is 11.3 Å². The molecule has 0 atom stereocenters. The Labute approximate surface area is 106 Å². The van der Waals surface area contributed by atoms with Crippen molar-refractivity contribution in [3.05, 3.63) is 48.3 Å². The fourth-order valence-electron chi connectivity index (χ4n) is 1.85. The number of nitrogens with one attached hydrogen (secondary N) is 1. The molecule has 1 fully saturated rings. The van der Waals surface area contributed by atoms with Crippen molar-refractivity contribution in [3.63, 3.8) is 0 Å². The van der Waals surface area contributed by atoms with E-state index in [1.54, 1.807) is 6.20 Å². The maximum Gasteiger partial charge on any atom is 0.223 e. The predicted octanol–water partition coefficient (Wildman–Crippen LogP) is 1.90. The molecular formula is C14H15N3O. The van der Waals surface area contributed by atoms with Gasteiger partial charge in [-0.15, -0.1) is 0 Å². The normalized spacial score (nSPS) is 14.4. The molecule has 1 aromatic carbocycles. The van der Waals surface area contributed by atoms with Gasteiger partial charge in [-0.3, -0.25) is 4.79 Å². The summed E-state index contributed by atoms with van der Waals surface area (Å²) in [5.41, 5.74) is 2.05. The summed E-state index contributed by atoms with van der Waals surface area (Å²) in [6.45, 7) is 0.558. The monoisotopic (exact) mass is 241 g/mol. The number of benzene rings is 1. The van der Waals surface area contributed by atoms with Crippen molar-refractivity contribution < 1.29 is 4.79 Å². The van der Waals surface area contributed by atoms with Gasteiger partial charge in [-0.25, -0.2) is 4.68 Å². The van der Waals surface area contributed by atoms with Gasteiger partial charge in [0, 0.05) is 24.2 Å². The molecule has 3 rings (SSSR count). The average molecular weight is 241 g/mol. The predicted molar refractivity (Wildman–Crippen MR) is 68.1 cm³/mol. The van der Waals surface area contributed by atoms with Crippen LogP contribution in [0.2, 0.25) is 0 Å². The number of nitrogens with zero attached hydrogens (tertiary/aromatic N) is 2. The molecule has 1 N–H and O–H groups in total. The Bertz CT molecular complexity index is 543. The van der Waals surface area contributed by atoms with Crippen LogP contribution >= 0.6 is 0 Å². The molecule has 1 saturated carbocycles. The molecule has 0 saturated heterocycles. The van der Waals surface area contributed by atoms with E-state index in [4.69, 9.17) is 0 Å². The van der Waals surface area contributed by atoms with Crippen LogP contribution in [-0.4, -0.2) is 15.7 Å². The Kier molecular flexibility index (Phi) is 2.84. The van der Waals surface area contributed by atoms with Crippen LogP contribution in [0.5, 0.6) is 0 Å². The minimum atomic E-state index is 0.169. The quantitative estimate of drug-likeness (QED) is 0.888. The molecule has 2 aromatic rings. The molecule has 18 heavy (non-hydrogen) atoms. The third kappa shape index (κ3) is 2.42. The zero-order valence-corrected chi connectivity index (χ0v) is 10.0. The third-order valence-electron chi connectivity index (χ3n) is 3.07. The molecule has 1 aliphatic rings. The van der Waals surface area contributed by atoms with E-state index in [1.165, 1.54) is 0 Å². The number of hydrogen-bond donors (Lipinski definition) is 1. The van der Waals surface area contributed by atoms with Crippen LogP contribution in [0.4, 0.5) is 0 Å². The molecular weight excluding hydrogens is 226 g/mol. The Balaban J connectivity index is 1.64. The lowest BCUT2D eigenvalue weighted by Crippen LogP contribution is -2.23. The summed E-state index contributed by atoms with van der Waals surface area (Å²) in [4.78, 5) is 11.5. The maximum absolute atomic E-state index is 11.5. The standard InChI is InChI=1S/C14H15N3O/c18-14(12-6-7-12)15-8-11-9-16-17(10-11)13-4-2-1-3-5-13/h1-5,9-10,12H,6-8H2,(H,15,18). The van der Waals surface area contributed by atoms with E-state index < -0.39 is 0 Å². The number of para-hydroxylation sites is 1. The average Bonchev–Trinajstić information content (AvgIpc) is 3.16. The van der Waals surface area contributed by atoms with Gasteiger partial charge >= 0.3 is 0 Å². The molecule has 0 radical (unpaired) electrons. The fraction of sp³-hybridized carbons (Fsp3) is 0.286. The zero-order valence-electron chi connectivity index (χ0n) is 10.0. The Morgan fingerprint density at radius 3 is 2.83 bits per heavy atom. The van der Waals surface area contributed by atoms with E-state index in [1.807, 2.05) is 41.2 Å². The number of aromatic nitrogens is 2. The summed E-state index contributed by atoms with van der Waals surface area (Å²) in [6.07, 6.45) is 5.81. The Morgan fingerprint density at radius 2 is 2.11 bits per heavy atom. The Morgan fingerprint density at radius 1 is 1.33 bits per heavy atom. The van der Waals surface area contributed by atoms with Crippen molar-refractivity contribution in [3.8, 4) is 5.69 Å². The molecule has 1 aromatic heterocycles. The van der Waals surface area contributed by atoms with E-state index in [0.29, 0.717) is 6.54 Å². The topological polar surface area (TPSA) is 46.9 Å². The van der Waals surface area contributed by atoms with Crippen molar-refractivity contribution >= 4 is 5.91 Å². The maximum atomic E-state index is 11.5. The van der Waals surface area contributed by atoms with E-state index in [9.17, 15) is 4.79 Å². The highest BCUT2D eigenvalue weighted by Gasteiger charge is 2.29. The minimum absolute atomic E-state index is 0.169. The second-order valence-corrected chi connectivity index (χ2v) is 4.62. The highest BCUT2D eigenvalue weighted by Crippen LogP contribution is 2.28. The minimum Gasteiger partial charge on any atom is -0.352 e. The number of hydrogen-bond acceptors (Lipinski definition) is 2. The molecule has 0 spiro atoms. The first kappa shape index (κ1) is 11.0. The number of carbonyl (C=O) groups excluding carboxylic acids is 1. The first-order valence-corrected chi connectivity index (χ1v) is 6.19. The van der Waals surface area contributed by atoms with E-state index in [2.05, 4.69) is 10.4 Å². The van der Waals surface area contributed by atoms with Gasteiger partial charge in [0.2, 0.25) is 5.91 Å². The van der Waals surface area contributed by atoms with Gasteiger partial charge < -0.3 is 5.32 Å². The van der Waals surface area contributed by atoms with Crippen LogP contribution in [0, 0.1) is 5.92 Å². The second-order valence-electron chi connectivity index (χ2n) is 4.62. The second kappa shape index (κ2) is 4.64. The third-order valence-corrected chi connectivity index (χ3v) is 3.07. The van der Waals surface area contributed by atoms with E-state index >= 15 is 0 Å². The van der Waals surface area contributed by atoms with E-state index in [0.717, 1.165) is 24.1 Å². The van der Waals surface area contributed by atoms with Crippen molar-refractivity contribution in [1.29, 1.82) is 0 Å². The van der Waals surface area contributed by atoms with Gasteiger partial charge in [-0.05, 0) is 25.0 Å². The number of rotatable bonds is 4. The first-order chi connectivity index (χ1) is 8.83. The highest BCUT2D eigenvalue weighted by molar-refractivity contribution is 5.80. The first-order valence-electron chi connectivity index (χ1n) is 6.19. The number of carbonyl (C=O) groups is 1. The zero-order chi connectivity index (χ0) is 12.4. The molecule has 0 aliphatic heterocycles. The van der Waals surface area contributed by atoms with Crippen LogP contribution in [0.3, 0.4) is 0 Å². The fourth-order valence-corrected chi connectivity index (χ4v) is 1.85. The van der Waals surface area contributed by atoms with Crippen molar-refractivity contribution in [1.82, 2.24) is 15.1 Å². The largest absolute Gasteiger partial charge is 0.352 e. The molecule has 0 unspecified atom stereocenters. The Hall–Kier alpha value is -2.10. The SMILES string of the molecule is O=C(NCc1cnn(-c2ccccc2)c1)C1CC1. The van der Waals surface area contributed by atoms with Crippen molar-refractivity contribution in [2.24, 2.45) is 5.92 Å². The molecule has 0 bridgehead atoms. The smallest absolute Gasteiger partial charge is 0.223 e. The van der Waals surface area contributed by atoms with Crippen LogP contribution in [0.25, 0.3) is 5.69 Å². The summed E-state index contributed by atoms with van der Waals surface area (Å²) in [6, 6.07) is 9.93. The molecule has 4 heteroatoms. The highest BCUT2D eigenvalue weighted by atomic mass is 16.2. The summed E-state index contributed by atoms with van der Waals surface area (Å²) in [7, 11) is 0. The van der Waals surface area contributed by atoms with Gasteiger partial charge in [0.05, 0.1) is 11.9 Å². The molecule has 1 aliphatic carbocycles. The van der Waals surface area contributed by atoms with Gasteiger partial charge in [0.1, 0.15) is 0 Å². The molecule has 92 valence electrons. The summed E-state index contributed by atoms with van der Waals surface area (Å²) in [5.74, 6) is 0.427. The lowest BCUT2D eigenvalue weighted by molar-refractivity contribution is -0.122. The lowest BCUT2D eigenvalue weighted by atomic mass is 10.3. The van der Waals surface area contributed by atoms with Crippen molar-refractivity contribution in [2.75, 3.05) is 0 Å². The summed E-state index contributed by atoms with van der Waals surface area (Å²) in [5, 5.41) is 7.22. The lowest BCUT2D eigenvalue weighted by Gasteiger charge is -2.01. The van der Waals surface area contributed by atoms with E-state index in [-0.39, 0.29) is 11.8 Å². The van der Waals surface area contributed by atoms with Crippen molar-refractivity contribution in [2.45, 2.75) is 19.4 Å².